The van der Waals surface area contributed by atoms with E-state index in [0.29, 0.717) is 0 Å². The Morgan fingerprint density at radius 3 is 1.93 bits per heavy atom. The summed E-state index contributed by atoms with van der Waals surface area (Å²) in [5, 5.41) is 19.7. The van der Waals surface area contributed by atoms with Gasteiger partial charge in [0.1, 0.15) is 6.10 Å². The quantitative estimate of drug-likeness (QED) is 0.757. The molecule has 78 valence electrons. The normalized spacial score (nSPS) is 16.4. The summed E-state index contributed by atoms with van der Waals surface area (Å²) in [6.45, 7) is 5.72. The summed E-state index contributed by atoms with van der Waals surface area (Å²) < 4.78 is 0. The van der Waals surface area contributed by atoms with Crippen LogP contribution >= 0.6 is 0 Å². The van der Waals surface area contributed by atoms with E-state index in [-0.39, 0.29) is 5.41 Å². The van der Waals surface area contributed by atoms with E-state index in [0.717, 1.165) is 5.56 Å². The molecule has 2 N–H and O–H groups in total. The van der Waals surface area contributed by atoms with E-state index in [1.165, 1.54) is 0 Å². The maximum atomic E-state index is 9.87. The third kappa shape index (κ3) is 2.56. The second-order valence-electron chi connectivity index (χ2n) is 4.67. The van der Waals surface area contributed by atoms with Gasteiger partial charge in [-0.05, 0) is 11.0 Å². The second kappa shape index (κ2) is 4.11. The average molecular weight is 194 g/mol. The summed E-state index contributed by atoms with van der Waals surface area (Å²) in [6.07, 6.45) is -1.55. The van der Waals surface area contributed by atoms with Crippen molar-refractivity contribution in [3.05, 3.63) is 35.9 Å². The highest BCUT2D eigenvalue weighted by Crippen LogP contribution is 2.29. The van der Waals surface area contributed by atoms with Crippen molar-refractivity contribution in [2.45, 2.75) is 33.0 Å². The van der Waals surface area contributed by atoms with Gasteiger partial charge in [0, 0.05) is 0 Å². The van der Waals surface area contributed by atoms with Gasteiger partial charge in [0.2, 0.25) is 0 Å². The van der Waals surface area contributed by atoms with Gasteiger partial charge in [-0.2, -0.15) is 0 Å². The van der Waals surface area contributed by atoms with Crippen molar-refractivity contribution in [2.75, 3.05) is 0 Å². The van der Waals surface area contributed by atoms with Gasteiger partial charge in [-0.25, -0.2) is 0 Å². The molecule has 0 aromatic heterocycles. The minimum Gasteiger partial charge on any atom is -0.390 e. The summed E-state index contributed by atoms with van der Waals surface area (Å²) in [5.74, 6) is 0. The number of benzene rings is 1. The first kappa shape index (κ1) is 11.2. The summed E-state index contributed by atoms with van der Waals surface area (Å²) in [7, 11) is 0. The molecule has 0 bridgehead atoms. The molecule has 1 aromatic carbocycles. The number of aliphatic hydroxyl groups excluding tert-OH is 2. The minimum absolute atomic E-state index is 0.310. The van der Waals surface area contributed by atoms with Crippen molar-refractivity contribution < 1.29 is 10.2 Å². The van der Waals surface area contributed by atoms with E-state index in [9.17, 15) is 10.2 Å². The van der Waals surface area contributed by atoms with Crippen LogP contribution in [0.3, 0.4) is 0 Å². The molecule has 0 aliphatic carbocycles. The predicted octanol–water partition coefficient (Wildman–Crippen LogP) is 2.13. The molecule has 1 aromatic rings. The zero-order valence-corrected chi connectivity index (χ0v) is 8.94. The zero-order chi connectivity index (χ0) is 10.8. The molecular formula is C12H18O2. The molecule has 1 rings (SSSR count). The maximum absolute atomic E-state index is 9.87. The monoisotopic (exact) mass is 194 g/mol. The lowest BCUT2D eigenvalue weighted by Gasteiger charge is -2.30. The summed E-state index contributed by atoms with van der Waals surface area (Å²) in [6, 6.07) is 9.24. The fourth-order valence-electron chi connectivity index (χ4n) is 1.31. The Morgan fingerprint density at radius 1 is 1.00 bits per heavy atom. The van der Waals surface area contributed by atoms with Crippen molar-refractivity contribution in [1.82, 2.24) is 0 Å². The molecule has 2 atom stereocenters. The third-order valence-corrected chi connectivity index (χ3v) is 2.33. The lowest BCUT2D eigenvalue weighted by atomic mass is 9.84. The first-order valence-electron chi connectivity index (χ1n) is 4.84. The van der Waals surface area contributed by atoms with Gasteiger partial charge in [0.15, 0.2) is 0 Å². The third-order valence-electron chi connectivity index (χ3n) is 2.33. The molecule has 0 spiro atoms. The van der Waals surface area contributed by atoms with Crippen LogP contribution in [0.2, 0.25) is 0 Å². The SMILES string of the molecule is CC(C)(C)[C@H](O)[C@H](O)c1ccccc1. The van der Waals surface area contributed by atoms with Crippen molar-refractivity contribution in [3.8, 4) is 0 Å². The Bertz CT molecular complexity index is 274. The smallest absolute Gasteiger partial charge is 0.105 e. The highest BCUT2D eigenvalue weighted by atomic mass is 16.3. The standard InChI is InChI=1S/C12H18O2/c1-12(2,3)11(14)10(13)9-7-5-4-6-8-9/h4-8,10-11,13-14H,1-3H3/t10-,11-/m1/s1. The molecule has 0 aliphatic rings. The predicted molar refractivity (Wildman–Crippen MR) is 56.9 cm³/mol. The van der Waals surface area contributed by atoms with Crippen LogP contribution in [-0.2, 0) is 0 Å². The molecule has 2 heteroatoms. The van der Waals surface area contributed by atoms with Crippen LogP contribution in [0, 0.1) is 5.41 Å². The van der Waals surface area contributed by atoms with Gasteiger partial charge in [0.05, 0.1) is 6.10 Å². The Kier molecular flexibility index (Phi) is 3.29. The van der Waals surface area contributed by atoms with Crippen molar-refractivity contribution >= 4 is 0 Å². The van der Waals surface area contributed by atoms with Crippen LogP contribution in [0.5, 0.6) is 0 Å². The number of aliphatic hydroxyl groups is 2. The number of hydrogen-bond donors (Lipinski definition) is 2. The molecule has 2 nitrogen and oxygen atoms in total. The molecule has 0 saturated carbocycles. The first-order chi connectivity index (χ1) is 6.43. The van der Waals surface area contributed by atoms with Gasteiger partial charge in [-0.1, -0.05) is 51.1 Å². The highest BCUT2D eigenvalue weighted by molar-refractivity contribution is 5.18. The van der Waals surface area contributed by atoms with Crippen LogP contribution in [0.4, 0.5) is 0 Å². The summed E-state index contributed by atoms with van der Waals surface area (Å²) >= 11 is 0. The molecule has 0 heterocycles. The van der Waals surface area contributed by atoms with E-state index in [2.05, 4.69) is 0 Å². The van der Waals surface area contributed by atoms with Crippen LogP contribution in [-0.4, -0.2) is 16.3 Å². The Balaban J connectivity index is 2.81. The van der Waals surface area contributed by atoms with Gasteiger partial charge in [-0.3, -0.25) is 0 Å². The van der Waals surface area contributed by atoms with E-state index in [1.807, 2.05) is 51.1 Å². The molecule has 0 saturated heterocycles. The molecule has 0 amide bonds. The van der Waals surface area contributed by atoms with Gasteiger partial charge in [-0.15, -0.1) is 0 Å². The Morgan fingerprint density at radius 2 is 1.50 bits per heavy atom. The molecule has 0 aliphatic heterocycles. The second-order valence-corrected chi connectivity index (χ2v) is 4.67. The summed E-state index contributed by atoms with van der Waals surface area (Å²) in [4.78, 5) is 0. The van der Waals surface area contributed by atoms with Gasteiger partial charge in [0.25, 0.3) is 0 Å². The van der Waals surface area contributed by atoms with Crippen LogP contribution < -0.4 is 0 Å². The highest BCUT2D eigenvalue weighted by Gasteiger charge is 2.29. The average Bonchev–Trinajstić information content (AvgIpc) is 2.15. The van der Waals surface area contributed by atoms with Gasteiger partial charge >= 0.3 is 0 Å². The van der Waals surface area contributed by atoms with Crippen LogP contribution in [0.15, 0.2) is 30.3 Å². The molecule has 14 heavy (non-hydrogen) atoms. The maximum Gasteiger partial charge on any atom is 0.105 e. The van der Waals surface area contributed by atoms with Gasteiger partial charge < -0.3 is 10.2 Å². The number of hydrogen-bond acceptors (Lipinski definition) is 2. The Labute approximate surface area is 85.2 Å². The van der Waals surface area contributed by atoms with Crippen LogP contribution in [0.1, 0.15) is 32.4 Å². The lowest BCUT2D eigenvalue weighted by molar-refractivity contribution is -0.0458. The fourth-order valence-corrected chi connectivity index (χ4v) is 1.31. The first-order valence-corrected chi connectivity index (χ1v) is 4.84. The minimum atomic E-state index is -0.809. The topological polar surface area (TPSA) is 40.5 Å². The molecule has 0 fully saturated rings. The van der Waals surface area contributed by atoms with E-state index in [1.54, 1.807) is 0 Å². The molecule has 0 unspecified atom stereocenters. The fraction of sp³-hybridized carbons (Fsp3) is 0.500. The van der Waals surface area contributed by atoms with E-state index >= 15 is 0 Å². The van der Waals surface area contributed by atoms with E-state index in [4.69, 9.17) is 0 Å². The Hall–Kier alpha value is -0.860. The molecular weight excluding hydrogens is 176 g/mol. The number of rotatable bonds is 2. The van der Waals surface area contributed by atoms with Crippen molar-refractivity contribution in [3.63, 3.8) is 0 Å². The van der Waals surface area contributed by atoms with Crippen molar-refractivity contribution in [1.29, 1.82) is 0 Å². The zero-order valence-electron chi connectivity index (χ0n) is 8.94. The molecule has 0 radical (unpaired) electrons. The van der Waals surface area contributed by atoms with Crippen molar-refractivity contribution in [2.24, 2.45) is 5.41 Å². The lowest BCUT2D eigenvalue weighted by Crippen LogP contribution is -2.32. The van der Waals surface area contributed by atoms with Crippen LogP contribution in [0.25, 0.3) is 0 Å². The summed E-state index contributed by atoms with van der Waals surface area (Å²) in [5.41, 5.74) is 0.449. The largest absolute Gasteiger partial charge is 0.390 e. The van der Waals surface area contributed by atoms with E-state index < -0.39 is 12.2 Å².